The Balaban J connectivity index is 1.10. The summed E-state index contributed by atoms with van der Waals surface area (Å²) >= 11 is 6.19. The molecule has 5 rings (SSSR count). The van der Waals surface area contributed by atoms with Crippen molar-refractivity contribution in [2.24, 2.45) is 0 Å². The van der Waals surface area contributed by atoms with Gasteiger partial charge in [-0.25, -0.2) is 0 Å². The van der Waals surface area contributed by atoms with Crippen LogP contribution in [0, 0.1) is 0 Å². The monoisotopic (exact) mass is 507 g/mol. The highest BCUT2D eigenvalue weighted by atomic mass is 35.5. The van der Waals surface area contributed by atoms with Gasteiger partial charge in [-0.3, -0.25) is 4.90 Å². The lowest BCUT2D eigenvalue weighted by atomic mass is 10.1. The van der Waals surface area contributed by atoms with Crippen molar-refractivity contribution in [3.8, 4) is 23.5 Å². The molecule has 0 bridgehead atoms. The molecule has 3 heterocycles. The first-order chi connectivity index (χ1) is 17.6. The maximum atomic E-state index is 6.19. The zero-order valence-electron chi connectivity index (χ0n) is 20.5. The molecule has 0 radical (unpaired) electrons. The second-order valence-corrected chi connectivity index (χ2v) is 9.20. The first-order valence-corrected chi connectivity index (χ1v) is 12.5. The summed E-state index contributed by atoms with van der Waals surface area (Å²) in [5, 5.41) is 2.02. The number of benzene rings is 2. The standard InChI is InChI=1S/C27H30ClN5O3/c1-34-25-17-26(35-2)31-27(30-25)36-22-8-6-21(7-9-22)33-14-12-32(13-15-33)11-3-4-19-18-29-24-10-5-20(28)16-23(19)24/h5-10,16-18,29H,3-4,11-15H2,1-2H3. The molecular weight excluding hydrogens is 478 g/mol. The average Bonchev–Trinajstić information content (AvgIpc) is 3.31. The smallest absolute Gasteiger partial charge is 0.328 e. The minimum absolute atomic E-state index is 0.184. The number of hydrogen-bond acceptors (Lipinski definition) is 7. The first-order valence-electron chi connectivity index (χ1n) is 12.1. The normalized spacial score (nSPS) is 14.2. The number of nitrogens with zero attached hydrogens (tertiary/aromatic N) is 4. The van der Waals surface area contributed by atoms with E-state index in [1.54, 1.807) is 20.3 Å². The molecule has 1 aliphatic rings. The van der Waals surface area contributed by atoms with Crippen LogP contribution in [-0.4, -0.2) is 66.8 Å². The number of hydrogen-bond donors (Lipinski definition) is 1. The highest BCUT2D eigenvalue weighted by Crippen LogP contribution is 2.27. The fourth-order valence-corrected chi connectivity index (χ4v) is 4.72. The molecule has 1 N–H and O–H groups in total. The van der Waals surface area contributed by atoms with E-state index in [0.29, 0.717) is 17.5 Å². The second kappa shape index (κ2) is 11.1. The molecule has 0 amide bonds. The molecule has 4 aromatic rings. The second-order valence-electron chi connectivity index (χ2n) is 8.77. The van der Waals surface area contributed by atoms with Gasteiger partial charge in [-0.2, -0.15) is 9.97 Å². The van der Waals surface area contributed by atoms with Gasteiger partial charge in [-0.15, -0.1) is 0 Å². The Kier molecular flexibility index (Phi) is 7.44. The van der Waals surface area contributed by atoms with Crippen LogP contribution in [0.3, 0.4) is 0 Å². The van der Waals surface area contributed by atoms with Gasteiger partial charge in [0.25, 0.3) is 0 Å². The predicted molar refractivity (Wildman–Crippen MR) is 142 cm³/mol. The first kappa shape index (κ1) is 24.2. The molecule has 8 nitrogen and oxygen atoms in total. The molecule has 36 heavy (non-hydrogen) atoms. The zero-order valence-corrected chi connectivity index (χ0v) is 21.3. The summed E-state index contributed by atoms with van der Waals surface area (Å²) in [7, 11) is 3.08. The Morgan fingerprint density at radius 1 is 0.917 bits per heavy atom. The van der Waals surface area contributed by atoms with Gasteiger partial charge in [0.1, 0.15) is 5.75 Å². The Hall–Kier alpha value is -3.49. The number of methoxy groups -OCH3 is 2. The van der Waals surface area contributed by atoms with Crippen molar-refractivity contribution in [3.63, 3.8) is 0 Å². The molecule has 1 aliphatic heterocycles. The quantitative estimate of drug-likeness (QED) is 0.334. The molecule has 0 spiro atoms. The molecule has 188 valence electrons. The molecule has 2 aromatic heterocycles. The molecule has 1 saturated heterocycles. The minimum Gasteiger partial charge on any atom is -0.481 e. The van der Waals surface area contributed by atoms with E-state index in [1.807, 2.05) is 24.3 Å². The molecule has 0 atom stereocenters. The van der Waals surface area contributed by atoms with Crippen molar-refractivity contribution in [2.45, 2.75) is 12.8 Å². The molecular formula is C27H30ClN5O3. The van der Waals surface area contributed by atoms with Crippen molar-refractivity contribution >= 4 is 28.2 Å². The van der Waals surface area contributed by atoms with Crippen LogP contribution in [-0.2, 0) is 6.42 Å². The average molecular weight is 508 g/mol. The van der Waals surface area contributed by atoms with Crippen molar-refractivity contribution in [1.29, 1.82) is 0 Å². The van der Waals surface area contributed by atoms with Crippen LogP contribution < -0.4 is 19.1 Å². The summed E-state index contributed by atoms with van der Waals surface area (Å²) in [5.74, 6) is 1.43. The van der Waals surface area contributed by atoms with Crippen LogP contribution in [0.25, 0.3) is 10.9 Å². The lowest BCUT2D eigenvalue weighted by molar-refractivity contribution is 0.255. The zero-order chi connectivity index (χ0) is 24.9. The molecule has 0 aliphatic carbocycles. The summed E-state index contributed by atoms with van der Waals surface area (Å²) in [5.41, 5.74) is 3.67. The number of aryl methyl sites for hydroxylation is 1. The van der Waals surface area contributed by atoms with Crippen molar-refractivity contribution < 1.29 is 14.2 Å². The third kappa shape index (κ3) is 5.66. The van der Waals surface area contributed by atoms with E-state index in [0.717, 1.165) is 56.1 Å². The largest absolute Gasteiger partial charge is 0.481 e. The van der Waals surface area contributed by atoms with E-state index in [9.17, 15) is 0 Å². The number of fused-ring (bicyclic) bond motifs is 1. The fourth-order valence-electron chi connectivity index (χ4n) is 4.55. The van der Waals surface area contributed by atoms with E-state index >= 15 is 0 Å². The minimum atomic E-state index is 0.184. The Labute approximate surface area is 215 Å². The van der Waals surface area contributed by atoms with Gasteiger partial charge in [-0.05, 0) is 67.4 Å². The maximum Gasteiger partial charge on any atom is 0.328 e. The van der Waals surface area contributed by atoms with Gasteiger partial charge < -0.3 is 24.1 Å². The number of H-pyrrole nitrogens is 1. The Bertz CT molecular complexity index is 1280. The van der Waals surface area contributed by atoms with E-state index < -0.39 is 0 Å². The van der Waals surface area contributed by atoms with Crippen molar-refractivity contribution in [2.75, 3.05) is 51.8 Å². The fraction of sp³-hybridized carbons (Fsp3) is 0.333. The molecule has 1 fully saturated rings. The van der Waals surface area contributed by atoms with Crippen LogP contribution in [0.2, 0.25) is 5.02 Å². The van der Waals surface area contributed by atoms with Gasteiger partial charge >= 0.3 is 6.01 Å². The van der Waals surface area contributed by atoms with E-state index in [-0.39, 0.29) is 6.01 Å². The molecule has 0 saturated carbocycles. The number of piperazine rings is 1. The SMILES string of the molecule is COc1cc(OC)nc(Oc2ccc(N3CCN(CCCc4c[nH]c5ccc(Cl)cc45)CC3)cc2)n1. The number of aromatic amines is 1. The molecule has 9 heteroatoms. The van der Waals surface area contributed by atoms with Gasteiger partial charge in [0, 0.05) is 54.0 Å². The number of aromatic nitrogens is 3. The van der Waals surface area contributed by atoms with Gasteiger partial charge in [0.15, 0.2) is 0 Å². The van der Waals surface area contributed by atoms with Crippen LogP contribution in [0.5, 0.6) is 23.5 Å². The lowest BCUT2D eigenvalue weighted by Crippen LogP contribution is -2.46. The van der Waals surface area contributed by atoms with E-state index in [4.69, 9.17) is 25.8 Å². The van der Waals surface area contributed by atoms with Crippen LogP contribution in [0.15, 0.2) is 54.7 Å². The van der Waals surface area contributed by atoms with Crippen molar-refractivity contribution in [1.82, 2.24) is 19.9 Å². The number of halogens is 1. The summed E-state index contributed by atoms with van der Waals surface area (Å²) in [6.45, 7) is 5.20. The van der Waals surface area contributed by atoms with Gasteiger partial charge in [-0.1, -0.05) is 11.6 Å². The van der Waals surface area contributed by atoms with Gasteiger partial charge in [0.05, 0.1) is 20.3 Å². The number of nitrogens with one attached hydrogen (secondary N) is 1. The highest BCUT2D eigenvalue weighted by molar-refractivity contribution is 6.31. The molecule has 2 aromatic carbocycles. The van der Waals surface area contributed by atoms with Crippen LogP contribution in [0.1, 0.15) is 12.0 Å². The van der Waals surface area contributed by atoms with Crippen LogP contribution in [0.4, 0.5) is 5.69 Å². The summed E-state index contributed by atoms with van der Waals surface area (Å²) in [6.07, 6.45) is 4.29. The number of ether oxygens (including phenoxy) is 3. The predicted octanol–water partition coefficient (Wildman–Crippen LogP) is 5.18. The summed E-state index contributed by atoms with van der Waals surface area (Å²) in [4.78, 5) is 16.7. The molecule has 0 unspecified atom stereocenters. The third-order valence-electron chi connectivity index (χ3n) is 6.51. The Morgan fingerprint density at radius 2 is 1.64 bits per heavy atom. The third-order valence-corrected chi connectivity index (χ3v) is 6.75. The Morgan fingerprint density at radius 3 is 2.33 bits per heavy atom. The number of rotatable bonds is 9. The highest BCUT2D eigenvalue weighted by Gasteiger charge is 2.17. The topological polar surface area (TPSA) is 75.7 Å². The lowest BCUT2D eigenvalue weighted by Gasteiger charge is -2.36. The van der Waals surface area contributed by atoms with Gasteiger partial charge in [0.2, 0.25) is 11.8 Å². The van der Waals surface area contributed by atoms with Crippen molar-refractivity contribution in [3.05, 3.63) is 65.3 Å². The number of anilines is 1. The summed E-state index contributed by atoms with van der Waals surface area (Å²) < 4.78 is 16.2. The summed E-state index contributed by atoms with van der Waals surface area (Å²) in [6, 6.07) is 15.8. The van der Waals surface area contributed by atoms with Crippen LogP contribution >= 0.6 is 11.6 Å². The maximum absolute atomic E-state index is 6.19. The van der Waals surface area contributed by atoms with E-state index in [1.165, 1.54) is 16.6 Å². The van der Waals surface area contributed by atoms with E-state index in [2.05, 4.69) is 49.1 Å².